The zero-order valence-electron chi connectivity index (χ0n) is 12.6. The molecule has 0 radical (unpaired) electrons. The minimum Gasteiger partial charge on any atom is -0.478 e. The fraction of sp³-hybridized carbons (Fsp3) is 0.200. The van der Waals surface area contributed by atoms with Crippen molar-refractivity contribution in [2.24, 2.45) is 0 Å². The Balaban J connectivity index is 2.02. The lowest BCUT2D eigenvalue weighted by atomic mass is 10.3. The number of benzene rings is 1. The van der Waals surface area contributed by atoms with E-state index in [1.165, 1.54) is 18.3 Å². The number of nitro benzene ring substituents is 1. The van der Waals surface area contributed by atoms with Crippen LogP contribution in [-0.2, 0) is 11.3 Å². The van der Waals surface area contributed by atoms with Gasteiger partial charge in [0.05, 0.1) is 16.3 Å². The fourth-order valence-electron chi connectivity index (χ4n) is 1.80. The predicted octanol–water partition coefficient (Wildman–Crippen LogP) is 2.69. The number of carbonyl (C=O) groups excluding carboxylic acids is 2. The number of nitro groups is 1. The first kappa shape index (κ1) is 17.5. The number of Topliss-reactive ketones (excluding diaryl/α,β-unsaturated/α-hetero) is 1. The molecule has 0 aliphatic rings. The first-order valence-corrected chi connectivity index (χ1v) is 7.61. The number of ether oxygens (including phenoxy) is 1. The van der Waals surface area contributed by atoms with Crippen molar-refractivity contribution in [1.82, 2.24) is 5.32 Å². The second kappa shape index (κ2) is 7.64. The Morgan fingerprint density at radius 3 is 2.75 bits per heavy atom. The summed E-state index contributed by atoms with van der Waals surface area (Å²) in [5.74, 6) is -1.58. The normalized spacial score (nSPS) is 10.2. The molecule has 0 aliphatic carbocycles. The summed E-state index contributed by atoms with van der Waals surface area (Å²) in [6, 6.07) is 6.06. The van der Waals surface area contributed by atoms with E-state index in [1.54, 1.807) is 12.1 Å². The van der Waals surface area contributed by atoms with Crippen molar-refractivity contribution in [1.29, 1.82) is 0 Å². The van der Waals surface area contributed by atoms with Crippen LogP contribution in [-0.4, -0.2) is 23.2 Å². The average molecular weight is 352 g/mol. The molecule has 0 spiro atoms. The monoisotopic (exact) mass is 352 g/mol. The molecule has 9 heteroatoms. The zero-order valence-corrected chi connectivity index (χ0v) is 13.4. The van der Waals surface area contributed by atoms with Gasteiger partial charge in [-0.1, -0.05) is 0 Å². The van der Waals surface area contributed by atoms with Crippen LogP contribution in [0.1, 0.15) is 21.5 Å². The van der Waals surface area contributed by atoms with Crippen LogP contribution in [0.3, 0.4) is 0 Å². The molecule has 24 heavy (non-hydrogen) atoms. The van der Waals surface area contributed by atoms with E-state index in [9.17, 15) is 24.1 Å². The Morgan fingerprint density at radius 2 is 2.08 bits per heavy atom. The molecule has 1 N–H and O–H groups in total. The van der Waals surface area contributed by atoms with Gasteiger partial charge < -0.3 is 10.1 Å². The quantitative estimate of drug-likeness (QED) is 0.469. The van der Waals surface area contributed by atoms with E-state index in [-0.39, 0.29) is 11.7 Å². The van der Waals surface area contributed by atoms with Gasteiger partial charge in [0.25, 0.3) is 0 Å². The van der Waals surface area contributed by atoms with E-state index >= 15 is 0 Å². The number of halogens is 1. The summed E-state index contributed by atoms with van der Waals surface area (Å²) < 4.78 is 18.3. The topological polar surface area (TPSA) is 98.5 Å². The smallest absolute Gasteiger partial charge is 0.311 e. The van der Waals surface area contributed by atoms with Crippen LogP contribution >= 0.6 is 11.3 Å². The molecule has 0 atom stereocenters. The van der Waals surface area contributed by atoms with Gasteiger partial charge in [0.2, 0.25) is 11.7 Å². The van der Waals surface area contributed by atoms with Gasteiger partial charge in [0.15, 0.2) is 12.4 Å². The second-order valence-electron chi connectivity index (χ2n) is 4.76. The summed E-state index contributed by atoms with van der Waals surface area (Å²) in [5, 5.41) is 13.5. The molecule has 0 fully saturated rings. The number of amides is 1. The molecule has 0 bridgehead atoms. The van der Waals surface area contributed by atoms with Crippen LogP contribution in [0.2, 0.25) is 0 Å². The number of thiophene rings is 1. The van der Waals surface area contributed by atoms with E-state index in [2.05, 4.69) is 5.32 Å². The Morgan fingerprint density at radius 1 is 1.33 bits per heavy atom. The van der Waals surface area contributed by atoms with E-state index in [1.807, 2.05) is 0 Å². The highest BCUT2D eigenvalue weighted by molar-refractivity contribution is 7.14. The molecule has 0 saturated carbocycles. The lowest BCUT2D eigenvalue weighted by Gasteiger charge is -2.05. The number of hydrogen-bond donors (Lipinski definition) is 1. The third kappa shape index (κ3) is 4.59. The van der Waals surface area contributed by atoms with Crippen molar-refractivity contribution < 1.29 is 23.6 Å². The van der Waals surface area contributed by atoms with Crippen LogP contribution in [0.4, 0.5) is 10.1 Å². The molecule has 1 aromatic carbocycles. The number of nitrogens with one attached hydrogen (secondary N) is 1. The minimum absolute atomic E-state index is 0.182. The summed E-state index contributed by atoms with van der Waals surface area (Å²) in [5.41, 5.74) is -0.415. The molecule has 2 aromatic rings. The molecule has 126 valence electrons. The predicted molar refractivity (Wildman–Crippen MR) is 84.7 cm³/mol. The fourth-order valence-corrected chi connectivity index (χ4v) is 2.67. The second-order valence-corrected chi connectivity index (χ2v) is 5.93. The maximum absolute atomic E-state index is 13.2. The number of rotatable bonds is 7. The van der Waals surface area contributed by atoms with Gasteiger partial charge in [-0.25, -0.2) is 4.39 Å². The number of nitrogens with zero attached hydrogens (tertiary/aromatic N) is 1. The molecule has 0 unspecified atom stereocenters. The maximum Gasteiger partial charge on any atom is 0.311 e. The summed E-state index contributed by atoms with van der Waals surface area (Å²) >= 11 is 1.18. The van der Waals surface area contributed by atoms with E-state index in [4.69, 9.17) is 4.74 Å². The van der Waals surface area contributed by atoms with Crippen LogP contribution < -0.4 is 10.1 Å². The molecule has 1 heterocycles. The molecule has 1 aromatic heterocycles. The molecule has 0 saturated heterocycles. The molecular formula is C15H13FN2O5S. The number of carbonyl (C=O) groups is 2. The zero-order chi connectivity index (χ0) is 17.7. The highest BCUT2D eigenvalue weighted by Crippen LogP contribution is 2.27. The van der Waals surface area contributed by atoms with Gasteiger partial charge in [-0.15, -0.1) is 11.3 Å². The SMILES string of the molecule is CC(=O)NCc1ccc(C(=O)COc2cc(F)ccc2[N+](=O)[O-])s1. The molecule has 2 rings (SSSR count). The summed E-state index contributed by atoms with van der Waals surface area (Å²) in [6.07, 6.45) is 0. The van der Waals surface area contributed by atoms with Crippen LogP contribution in [0.25, 0.3) is 0 Å². The minimum atomic E-state index is -0.712. The maximum atomic E-state index is 13.2. The van der Waals surface area contributed by atoms with Crippen molar-refractivity contribution >= 4 is 28.7 Å². The summed E-state index contributed by atoms with van der Waals surface area (Å²) in [6.45, 7) is 1.24. The largest absolute Gasteiger partial charge is 0.478 e. The van der Waals surface area contributed by atoms with E-state index in [0.29, 0.717) is 11.4 Å². The Kier molecular flexibility index (Phi) is 5.59. The van der Waals surface area contributed by atoms with Gasteiger partial charge in [0.1, 0.15) is 5.82 Å². The Labute approximate surface area is 140 Å². The van der Waals surface area contributed by atoms with Crippen LogP contribution in [0.15, 0.2) is 30.3 Å². The van der Waals surface area contributed by atoms with Crippen molar-refractivity contribution in [3.05, 3.63) is 56.0 Å². The molecule has 7 nitrogen and oxygen atoms in total. The van der Waals surface area contributed by atoms with Crippen molar-refractivity contribution in [3.63, 3.8) is 0 Å². The van der Waals surface area contributed by atoms with Gasteiger partial charge in [0, 0.05) is 23.9 Å². The first-order valence-electron chi connectivity index (χ1n) is 6.80. The number of hydrogen-bond acceptors (Lipinski definition) is 6. The van der Waals surface area contributed by atoms with E-state index < -0.39 is 28.8 Å². The van der Waals surface area contributed by atoms with Gasteiger partial charge in [-0.05, 0) is 18.2 Å². The highest BCUT2D eigenvalue weighted by Gasteiger charge is 2.18. The Hall–Kier alpha value is -2.81. The van der Waals surface area contributed by atoms with Crippen molar-refractivity contribution in [3.8, 4) is 5.75 Å². The summed E-state index contributed by atoms with van der Waals surface area (Å²) in [4.78, 5) is 34.2. The van der Waals surface area contributed by atoms with Crippen molar-refractivity contribution in [2.75, 3.05) is 6.61 Å². The highest BCUT2D eigenvalue weighted by atomic mass is 32.1. The average Bonchev–Trinajstić information content (AvgIpc) is 2.99. The van der Waals surface area contributed by atoms with Crippen LogP contribution in [0.5, 0.6) is 5.75 Å². The first-order chi connectivity index (χ1) is 11.4. The molecule has 0 aliphatic heterocycles. The van der Waals surface area contributed by atoms with Gasteiger partial charge in [-0.2, -0.15) is 0 Å². The van der Waals surface area contributed by atoms with Crippen molar-refractivity contribution in [2.45, 2.75) is 13.5 Å². The van der Waals surface area contributed by atoms with Gasteiger partial charge in [-0.3, -0.25) is 19.7 Å². The lowest BCUT2D eigenvalue weighted by Crippen LogP contribution is -2.18. The third-order valence-corrected chi connectivity index (χ3v) is 4.05. The van der Waals surface area contributed by atoms with Crippen LogP contribution in [0, 0.1) is 15.9 Å². The van der Waals surface area contributed by atoms with Gasteiger partial charge >= 0.3 is 5.69 Å². The molecule has 1 amide bonds. The molecular weight excluding hydrogens is 339 g/mol. The third-order valence-electron chi connectivity index (χ3n) is 2.93. The number of ketones is 1. The van der Waals surface area contributed by atoms with E-state index in [0.717, 1.165) is 23.1 Å². The Bertz CT molecular complexity index is 790. The standard InChI is InChI=1S/C15H13FN2O5S/c1-9(19)17-7-11-3-5-15(24-11)13(20)8-23-14-6-10(16)2-4-12(14)18(21)22/h2-6H,7-8H2,1H3,(H,17,19). The lowest BCUT2D eigenvalue weighted by molar-refractivity contribution is -0.385. The summed E-state index contributed by atoms with van der Waals surface area (Å²) in [7, 11) is 0.